The Labute approximate surface area is 61.2 Å². The minimum absolute atomic E-state index is 0.0601. The Morgan fingerprint density at radius 3 is 2.60 bits per heavy atom. The van der Waals surface area contributed by atoms with E-state index in [2.05, 4.69) is 6.07 Å². The largest absolute Gasteiger partial charge is 0.366 e. The molecule has 3 heteroatoms. The van der Waals surface area contributed by atoms with E-state index in [1.54, 1.807) is 7.11 Å². The van der Waals surface area contributed by atoms with Gasteiger partial charge in [-0.05, 0) is 19.9 Å². The molecule has 1 heterocycles. The summed E-state index contributed by atoms with van der Waals surface area (Å²) in [7, 11) is 3.61. The van der Waals surface area contributed by atoms with Crippen molar-refractivity contribution in [2.24, 2.45) is 0 Å². The number of likely N-dealkylation sites (tertiary alicyclic amines) is 1. The zero-order chi connectivity index (χ0) is 7.56. The molecule has 0 bridgehead atoms. The molecule has 0 saturated carbocycles. The van der Waals surface area contributed by atoms with Crippen LogP contribution in [0.4, 0.5) is 0 Å². The van der Waals surface area contributed by atoms with Crippen molar-refractivity contribution >= 4 is 0 Å². The fraction of sp³-hybridized carbons (Fsp3) is 0.857. The molecular weight excluding hydrogens is 128 g/mol. The summed E-state index contributed by atoms with van der Waals surface area (Å²) in [6, 6.07) is 2.28. The van der Waals surface area contributed by atoms with E-state index in [9.17, 15) is 0 Å². The Morgan fingerprint density at radius 1 is 1.60 bits per heavy atom. The van der Waals surface area contributed by atoms with Crippen molar-refractivity contribution in [1.82, 2.24) is 4.90 Å². The Morgan fingerprint density at radius 2 is 2.30 bits per heavy atom. The van der Waals surface area contributed by atoms with Crippen molar-refractivity contribution in [1.29, 1.82) is 5.26 Å². The lowest BCUT2D eigenvalue weighted by molar-refractivity contribution is 0.00327. The van der Waals surface area contributed by atoms with Crippen LogP contribution < -0.4 is 0 Å². The number of hydrogen-bond donors (Lipinski definition) is 0. The topological polar surface area (TPSA) is 36.3 Å². The molecule has 1 saturated heterocycles. The zero-order valence-corrected chi connectivity index (χ0v) is 6.37. The summed E-state index contributed by atoms with van der Waals surface area (Å²) in [5, 5.41) is 8.60. The average Bonchev–Trinajstić information content (AvgIpc) is 2.30. The lowest BCUT2D eigenvalue weighted by atomic mass is 10.2. The van der Waals surface area contributed by atoms with E-state index < -0.39 is 0 Å². The van der Waals surface area contributed by atoms with Gasteiger partial charge in [0.25, 0.3) is 0 Å². The summed E-state index contributed by atoms with van der Waals surface area (Å²) in [6.45, 7) is 0. The molecule has 0 amide bonds. The van der Waals surface area contributed by atoms with Gasteiger partial charge in [-0.2, -0.15) is 5.26 Å². The Hall–Kier alpha value is -0.590. The number of ether oxygens (including phenoxy) is 1. The van der Waals surface area contributed by atoms with Crippen molar-refractivity contribution in [3.05, 3.63) is 0 Å². The summed E-state index contributed by atoms with van der Waals surface area (Å²) >= 11 is 0. The maximum atomic E-state index is 8.60. The number of nitriles is 1. The number of rotatable bonds is 1. The van der Waals surface area contributed by atoms with Gasteiger partial charge < -0.3 is 4.74 Å². The van der Waals surface area contributed by atoms with Crippen molar-refractivity contribution in [2.45, 2.75) is 25.1 Å². The molecule has 10 heavy (non-hydrogen) atoms. The molecule has 0 aromatic heterocycles. The van der Waals surface area contributed by atoms with Gasteiger partial charge in [-0.25, -0.2) is 0 Å². The SMILES string of the molecule is COC1CCC(C#N)N1C. The lowest BCUT2D eigenvalue weighted by Crippen LogP contribution is -2.32. The molecule has 1 aliphatic rings. The summed E-state index contributed by atoms with van der Waals surface area (Å²) in [5.41, 5.74) is 0. The predicted molar refractivity (Wildman–Crippen MR) is 37.2 cm³/mol. The van der Waals surface area contributed by atoms with Gasteiger partial charge in [-0.1, -0.05) is 0 Å². The van der Waals surface area contributed by atoms with Gasteiger partial charge in [0, 0.05) is 7.11 Å². The van der Waals surface area contributed by atoms with E-state index in [1.807, 2.05) is 11.9 Å². The van der Waals surface area contributed by atoms with Crippen LogP contribution in [0.2, 0.25) is 0 Å². The molecule has 0 spiro atoms. The second-order valence-electron chi connectivity index (χ2n) is 2.58. The van der Waals surface area contributed by atoms with Crippen LogP contribution in [0.1, 0.15) is 12.8 Å². The summed E-state index contributed by atoms with van der Waals surface area (Å²) in [5.74, 6) is 0. The molecule has 56 valence electrons. The minimum Gasteiger partial charge on any atom is -0.366 e. The van der Waals surface area contributed by atoms with E-state index in [1.165, 1.54) is 0 Å². The van der Waals surface area contributed by atoms with Crippen molar-refractivity contribution in [2.75, 3.05) is 14.2 Å². The predicted octanol–water partition coefficient (Wildman–Crippen LogP) is 0.577. The van der Waals surface area contributed by atoms with Crippen molar-refractivity contribution in [3.63, 3.8) is 0 Å². The fourth-order valence-electron chi connectivity index (χ4n) is 1.35. The molecule has 2 unspecified atom stereocenters. The molecule has 3 nitrogen and oxygen atoms in total. The minimum atomic E-state index is 0.0601. The van der Waals surface area contributed by atoms with Gasteiger partial charge in [-0.15, -0.1) is 0 Å². The molecule has 0 aliphatic carbocycles. The smallest absolute Gasteiger partial charge is 0.111 e. The average molecular weight is 140 g/mol. The van der Waals surface area contributed by atoms with Crippen molar-refractivity contribution in [3.8, 4) is 6.07 Å². The Kier molecular flexibility index (Phi) is 2.25. The first-order valence-corrected chi connectivity index (χ1v) is 3.44. The highest BCUT2D eigenvalue weighted by atomic mass is 16.5. The standard InChI is InChI=1S/C7H12N2O/c1-9-6(5-8)3-4-7(9)10-2/h6-7H,3-4H2,1-2H3. The van der Waals surface area contributed by atoms with Gasteiger partial charge in [0.15, 0.2) is 0 Å². The molecule has 0 aromatic carbocycles. The molecule has 1 aliphatic heterocycles. The highest BCUT2D eigenvalue weighted by molar-refractivity contribution is 4.96. The van der Waals surface area contributed by atoms with Crippen LogP contribution >= 0.6 is 0 Å². The normalized spacial score (nSPS) is 34.1. The third kappa shape index (κ3) is 1.13. The molecule has 0 radical (unpaired) electrons. The second-order valence-corrected chi connectivity index (χ2v) is 2.58. The molecule has 1 fully saturated rings. The van der Waals surface area contributed by atoms with Crippen LogP contribution in [0, 0.1) is 11.3 Å². The Balaban J connectivity index is 2.51. The van der Waals surface area contributed by atoms with Gasteiger partial charge in [0.05, 0.1) is 12.1 Å². The number of hydrogen-bond acceptors (Lipinski definition) is 3. The van der Waals surface area contributed by atoms with Gasteiger partial charge in [0.2, 0.25) is 0 Å². The maximum Gasteiger partial charge on any atom is 0.111 e. The lowest BCUT2D eigenvalue weighted by Gasteiger charge is -2.19. The van der Waals surface area contributed by atoms with E-state index in [0.29, 0.717) is 0 Å². The number of methoxy groups -OCH3 is 1. The first-order valence-electron chi connectivity index (χ1n) is 3.44. The monoisotopic (exact) mass is 140 g/mol. The molecule has 0 N–H and O–H groups in total. The van der Waals surface area contributed by atoms with Crippen molar-refractivity contribution < 1.29 is 4.74 Å². The zero-order valence-electron chi connectivity index (χ0n) is 6.37. The van der Waals surface area contributed by atoms with Crippen LogP contribution in [-0.4, -0.2) is 31.3 Å². The quantitative estimate of drug-likeness (QED) is 0.534. The van der Waals surface area contributed by atoms with Crippen LogP contribution in [0.15, 0.2) is 0 Å². The van der Waals surface area contributed by atoms with Crippen LogP contribution in [0.25, 0.3) is 0 Å². The maximum absolute atomic E-state index is 8.60. The molecular formula is C7H12N2O. The Bertz CT molecular complexity index is 152. The highest BCUT2D eigenvalue weighted by Crippen LogP contribution is 2.21. The van der Waals surface area contributed by atoms with Gasteiger partial charge in [0.1, 0.15) is 6.23 Å². The van der Waals surface area contributed by atoms with E-state index in [0.717, 1.165) is 12.8 Å². The van der Waals surface area contributed by atoms with Gasteiger partial charge >= 0.3 is 0 Å². The third-order valence-corrected chi connectivity index (χ3v) is 2.05. The fourth-order valence-corrected chi connectivity index (χ4v) is 1.35. The molecule has 2 atom stereocenters. The summed E-state index contributed by atoms with van der Waals surface area (Å²) in [4.78, 5) is 1.97. The van der Waals surface area contributed by atoms with Crippen LogP contribution in [0.3, 0.4) is 0 Å². The van der Waals surface area contributed by atoms with E-state index >= 15 is 0 Å². The molecule has 1 rings (SSSR count). The second kappa shape index (κ2) is 3.00. The molecule has 0 aromatic rings. The van der Waals surface area contributed by atoms with Crippen LogP contribution in [0.5, 0.6) is 0 Å². The first-order chi connectivity index (χ1) is 4.79. The third-order valence-electron chi connectivity index (χ3n) is 2.05. The van der Waals surface area contributed by atoms with E-state index in [-0.39, 0.29) is 12.3 Å². The van der Waals surface area contributed by atoms with Crippen LogP contribution in [-0.2, 0) is 4.74 Å². The summed E-state index contributed by atoms with van der Waals surface area (Å²) < 4.78 is 5.13. The van der Waals surface area contributed by atoms with E-state index in [4.69, 9.17) is 10.00 Å². The highest BCUT2D eigenvalue weighted by Gasteiger charge is 2.29. The first kappa shape index (κ1) is 7.52. The van der Waals surface area contributed by atoms with Gasteiger partial charge in [-0.3, -0.25) is 4.90 Å². The summed E-state index contributed by atoms with van der Waals surface area (Å²) in [6.07, 6.45) is 2.07. The number of nitrogens with zero attached hydrogens (tertiary/aromatic N) is 2.